The second-order valence-electron chi connectivity index (χ2n) is 5.61. The Hall–Kier alpha value is -2.74. The van der Waals surface area contributed by atoms with Crippen LogP contribution in [-0.2, 0) is 16.1 Å². The summed E-state index contributed by atoms with van der Waals surface area (Å²) < 4.78 is 5.02. The zero-order valence-corrected chi connectivity index (χ0v) is 15.0. The minimum atomic E-state index is -0.688. The molecule has 0 spiro atoms. The first-order valence-electron chi connectivity index (χ1n) is 7.48. The SMILES string of the molecule is Cc1cc(C(=O)OCC(=O)N(C)Cc2sccc2C)ccc1[N+](=O)[O-]. The summed E-state index contributed by atoms with van der Waals surface area (Å²) in [7, 11) is 1.64. The average molecular weight is 362 g/mol. The largest absolute Gasteiger partial charge is 0.452 e. The van der Waals surface area contributed by atoms with E-state index in [-0.39, 0.29) is 23.8 Å². The monoisotopic (exact) mass is 362 g/mol. The van der Waals surface area contributed by atoms with Gasteiger partial charge in [-0.15, -0.1) is 11.3 Å². The first kappa shape index (κ1) is 18.6. The molecule has 0 aliphatic carbocycles. The smallest absolute Gasteiger partial charge is 0.338 e. The maximum Gasteiger partial charge on any atom is 0.338 e. The molecule has 1 amide bonds. The van der Waals surface area contributed by atoms with Crippen LogP contribution in [0.5, 0.6) is 0 Å². The van der Waals surface area contributed by atoms with Crippen LogP contribution in [0, 0.1) is 24.0 Å². The normalized spacial score (nSPS) is 10.4. The molecule has 0 saturated heterocycles. The fourth-order valence-corrected chi connectivity index (χ4v) is 3.14. The molecule has 0 aliphatic heterocycles. The Morgan fingerprint density at radius 2 is 1.96 bits per heavy atom. The number of nitro groups is 1. The van der Waals surface area contributed by atoms with E-state index in [1.165, 1.54) is 30.0 Å². The van der Waals surface area contributed by atoms with E-state index >= 15 is 0 Å². The van der Waals surface area contributed by atoms with Crippen molar-refractivity contribution < 1.29 is 19.2 Å². The van der Waals surface area contributed by atoms with Gasteiger partial charge in [-0.1, -0.05) is 0 Å². The van der Waals surface area contributed by atoms with Crippen LogP contribution in [0.4, 0.5) is 5.69 Å². The number of carbonyl (C=O) groups is 2. The van der Waals surface area contributed by atoms with Gasteiger partial charge >= 0.3 is 5.97 Å². The Kier molecular flexibility index (Phi) is 5.87. The molecule has 0 fully saturated rings. The number of esters is 1. The number of hydrogen-bond acceptors (Lipinski definition) is 6. The zero-order valence-electron chi connectivity index (χ0n) is 14.1. The highest BCUT2D eigenvalue weighted by molar-refractivity contribution is 7.10. The van der Waals surface area contributed by atoms with Crippen molar-refractivity contribution in [2.75, 3.05) is 13.7 Å². The van der Waals surface area contributed by atoms with Crippen LogP contribution in [0.25, 0.3) is 0 Å². The lowest BCUT2D eigenvalue weighted by atomic mass is 10.1. The van der Waals surface area contributed by atoms with Crippen molar-refractivity contribution in [3.8, 4) is 0 Å². The first-order chi connectivity index (χ1) is 11.8. The van der Waals surface area contributed by atoms with Gasteiger partial charge in [0.05, 0.1) is 17.0 Å². The summed E-state index contributed by atoms with van der Waals surface area (Å²) in [5, 5.41) is 12.7. The molecule has 132 valence electrons. The summed E-state index contributed by atoms with van der Waals surface area (Å²) in [6.45, 7) is 3.59. The van der Waals surface area contributed by atoms with Gasteiger partial charge in [-0.3, -0.25) is 14.9 Å². The maximum atomic E-state index is 12.1. The molecule has 1 heterocycles. The fourth-order valence-electron chi connectivity index (χ4n) is 2.18. The van der Waals surface area contributed by atoms with Crippen LogP contribution in [0.15, 0.2) is 29.6 Å². The molecular formula is C17H18N2O5S. The molecule has 8 heteroatoms. The Bertz CT molecular complexity index is 815. The predicted octanol–water partition coefficient (Wildman–Crippen LogP) is 3.09. The van der Waals surface area contributed by atoms with Crippen molar-refractivity contribution in [2.45, 2.75) is 20.4 Å². The Labute approximate surface area is 149 Å². The van der Waals surface area contributed by atoms with E-state index in [1.54, 1.807) is 18.4 Å². The molecule has 2 rings (SSSR count). The molecule has 0 aliphatic rings. The average Bonchev–Trinajstić information content (AvgIpc) is 2.96. The van der Waals surface area contributed by atoms with E-state index < -0.39 is 10.9 Å². The van der Waals surface area contributed by atoms with Gasteiger partial charge in [-0.2, -0.15) is 0 Å². The fraction of sp³-hybridized carbons (Fsp3) is 0.294. The van der Waals surface area contributed by atoms with Crippen LogP contribution in [0.1, 0.15) is 26.4 Å². The highest BCUT2D eigenvalue weighted by Gasteiger charge is 2.17. The van der Waals surface area contributed by atoms with Gasteiger partial charge in [-0.25, -0.2) is 4.79 Å². The Morgan fingerprint density at radius 1 is 1.24 bits per heavy atom. The first-order valence-corrected chi connectivity index (χ1v) is 8.36. The van der Waals surface area contributed by atoms with E-state index in [2.05, 4.69) is 0 Å². The van der Waals surface area contributed by atoms with E-state index in [9.17, 15) is 19.7 Å². The topological polar surface area (TPSA) is 89.8 Å². The van der Waals surface area contributed by atoms with Crippen molar-refractivity contribution in [1.82, 2.24) is 4.90 Å². The molecule has 0 bridgehead atoms. The number of hydrogen-bond donors (Lipinski definition) is 0. The van der Waals surface area contributed by atoms with Gasteiger partial charge in [0.2, 0.25) is 0 Å². The van der Waals surface area contributed by atoms with Gasteiger partial charge in [0.25, 0.3) is 11.6 Å². The summed E-state index contributed by atoms with van der Waals surface area (Å²) in [5.41, 5.74) is 1.57. The lowest BCUT2D eigenvalue weighted by Gasteiger charge is -2.16. The third kappa shape index (κ3) is 4.63. The molecule has 0 radical (unpaired) electrons. The maximum absolute atomic E-state index is 12.1. The Balaban J connectivity index is 1.93. The van der Waals surface area contributed by atoms with Gasteiger partial charge in [0.1, 0.15) is 0 Å². The van der Waals surface area contributed by atoms with E-state index in [1.807, 2.05) is 18.4 Å². The summed E-state index contributed by atoms with van der Waals surface area (Å²) >= 11 is 1.57. The van der Waals surface area contributed by atoms with E-state index in [4.69, 9.17) is 4.74 Å². The molecule has 2 aromatic rings. The molecule has 1 aromatic carbocycles. The highest BCUT2D eigenvalue weighted by atomic mass is 32.1. The minimum Gasteiger partial charge on any atom is -0.452 e. The summed E-state index contributed by atoms with van der Waals surface area (Å²) in [5.74, 6) is -1.01. The highest BCUT2D eigenvalue weighted by Crippen LogP contribution is 2.19. The number of amides is 1. The van der Waals surface area contributed by atoms with E-state index in [0.29, 0.717) is 12.1 Å². The third-order valence-corrected chi connectivity index (χ3v) is 4.74. The van der Waals surface area contributed by atoms with Crippen molar-refractivity contribution in [1.29, 1.82) is 0 Å². The molecule has 0 atom stereocenters. The summed E-state index contributed by atoms with van der Waals surface area (Å²) in [6, 6.07) is 5.93. The lowest BCUT2D eigenvalue weighted by molar-refractivity contribution is -0.385. The van der Waals surface area contributed by atoms with Gasteiger partial charge in [0, 0.05) is 23.6 Å². The second-order valence-corrected chi connectivity index (χ2v) is 6.61. The number of aryl methyl sites for hydroxylation is 2. The third-order valence-electron chi connectivity index (χ3n) is 3.73. The molecule has 7 nitrogen and oxygen atoms in total. The number of thiophene rings is 1. The van der Waals surface area contributed by atoms with Gasteiger partial charge in [0.15, 0.2) is 6.61 Å². The number of ether oxygens (including phenoxy) is 1. The number of benzene rings is 1. The summed E-state index contributed by atoms with van der Waals surface area (Å²) in [4.78, 5) is 36.9. The van der Waals surface area contributed by atoms with Gasteiger partial charge < -0.3 is 9.64 Å². The minimum absolute atomic E-state index is 0.0707. The van der Waals surface area contributed by atoms with Crippen LogP contribution in [0.3, 0.4) is 0 Å². The standard InChI is InChI=1S/C17H18N2O5S/c1-11-6-7-25-15(11)9-18(3)16(20)10-24-17(21)13-4-5-14(19(22)23)12(2)8-13/h4-8H,9-10H2,1-3H3. The molecular weight excluding hydrogens is 344 g/mol. The van der Waals surface area contributed by atoms with Crippen LogP contribution >= 0.6 is 11.3 Å². The summed E-state index contributed by atoms with van der Waals surface area (Å²) in [6.07, 6.45) is 0. The number of nitrogens with zero attached hydrogens (tertiary/aromatic N) is 2. The van der Waals surface area contributed by atoms with Crippen molar-refractivity contribution >= 4 is 28.9 Å². The quantitative estimate of drug-likeness (QED) is 0.447. The molecule has 0 unspecified atom stereocenters. The number of rotatable bonds is 6. The van der Waals surface area contributed by atoms with E-state index in [0.717, 1.165) is 10.4 Å². The predicted molar refractivity (Wildman–Crippen MR) is 93.6 cm³/mol. The molecule has 25 heavy (non-hydrogen) atoms. The van der Waals surface area contributed by atoms with Crippen molar-refractivity contribution in [2.24, 2.45) is 0 Å². The van der Waals surface area contributed by atoms with Gasteiger partial charge in [-0.05, 0) is 43.0 Å². The second kappa shape index (κ2) is 7.89. The van der Waals surface area contributed by atoms with Crippen LogP contribution < -0.4 is 0 Å². The Morgan fingerprint density at radius 3 is 2.52 bits per heavy atom. The number of carbonyl (C=O) groups excluding carboxylic acids is 2. The van der Waals surface area contributed by atoms with Crippen molar-refractivity contribution in [3.05, 3.63) is 61.3 Å². The number of likely N-dealkylation sites (N-methyl/N-ethyl adjacent to an activating group) is 1. The van der Waals surface area contributed by atoms with Crippen LogP contribution in [0.2, 0.25) is 0 Å². The zero-order chi connectivity index (χ0) is 18.6. The molecule has 0 saturated carbocycles. The lowest BCUT2D eigenvalue weighted by Crippen LogP contribution is -2.30. The number of nitro benzene ring substituents is 1. The van der Waals surface area contributed by atoms with Crippen LogP contribution in [-0.4, -0.2) is 35.4 Å². The molecule has 0 N–H and O–H groups in total. The molecule has 1 aromatic heterocycles. The van der Waals surface area contributed by atoms with Crippen molar-refractivity contribution in [3.63, 3.8) is 0 Å².